The van der Waals surface area contributed by atoms with Crippen LogP contribution in [-0.4, -0.2) is 36.6 Å². The van der Waals surface area contributed by atoms with Crippen LogP contribution in [-0.2, 0) is 0 Å². The quantitative estimate of drug-likeness (QED) is 0.260. The Balaban J connectivity index is 1.61. The molecule has 25 heavy (non-hydrogen) atoms. The summed E-state index contributed by atoms with van der Waals surface area (Å²) in [5, 5.41) is 32.0. The summed E-state index contributed by atoms with van der Waals surface area (Å²) in [4.78, 5) is 7.62. The number of nitrogens with one attached hydrogen (secondary N) is 2. The van der Waals surface area contributed by atoms with Crippen LogP contribution in [0.1, 0.15) is 11.1 Å². The number of aromatic nitrogens is 4. The number of aromatic hydroxyl groups is 2. The van der Waals surface area contributed by atoms with E-state index in [1.165, 1.54) is 18.3 Å². The smallest absolute Gasteiger partial charge is 0.265 e. The number of aromatic amines is 1. The van der Waals surface area contributed by atoms with Crippen LogP contribution in [0, 0.1) is 6.92 Å². The third-order valence-electron chi connectivity index (χ3n) is 3.84. The minimum atomic E-state index is -0.211. The molecule has 124 valence electrons. The number of para-hydroxylation sites is 1. The Kier molecular flexibility index (Phi) is 3.42. The van der Waals surface area contributed by atoms with Crippen molar-refractivity contribution in [3.63, 3.8) is 0 Å². The average Bonchev–Trinajstić information content (AvgIpc) is 2.97. The van der Waals surface area contributed by atoms with E-state index in [2.05, 4.69) is 30.7 Å². The summed E-state index contributed by atoms with van der Waals surface area (Å²) < 4.78 is 0. The first-order valence-corrected chi connectivity index (χ1v) is 7.54. The van der Waals surface area contributed by atoms with Crippen molar-refractivity contribution in [3.05, 3.63) is 47.5 Å². The summed E-state index contributed by atoms with van der Waals surface area (Å²) in [7, 11) is 0. The zero-order valence-corrected chi connectivity index (χ0v) is 13.2. The Labute approximate surface area is 141 Å². The Morgan fingerprint density at radius 3 is 2.84 bits per heavy atom. The molecule has 2 aromatic heterocycles. The van der Waals surface area contributed by atoms with Crippen molar-refractivity contribution in [2.45, 2.75) is 6.92 Å². The highest BCUT2D eigenvalue weighted by molar-refractivity contribution is 6.04. The van der Waals surface area contributed by atoms with Gasteiger partial charge in [0.1, 0.15) is 5.52 Å². The minimum Gasteiger partial charge on any atom is -0.504 e. The van der Waals surface area contributed by atoms with Crippen molar-refractivity contribution in [3.8, 4) is 11.5 Å². The van der Waals surface area contributed by atoms with E-state index in [4.69, 9.17) is 0 Å². The van der Waals surface area contributed by atoms with Crippen LogP contribution in [0.3, 0.4) is 0 Å². The van der Waals surface area contributed by atoms with Gasteiger partial charge in [-0.3, -0.25) is 0 Å². The van der Waals surface area contributed by atoms with Gasteiger partial charge in [0.05, 0.1) is 11.7 Å². The molecule has 0 aliphatic rings. The molecular weight excluding hydrogens is 320 g/mol. The molecule has 0 radical (unpaired) electrons. The van der Waals surface area contributed by atoms with Crippen LogP contribution in [0.25, 0.3) is 22.1 Å². The molecule has 2 aromatic carbocycles. The third kappa shape index (κ3) is 2.69. The Morgan fingerprint density at radius 2 is 2.00 bits per heavy atom. The second-order valence-corrected chi connectivity index (χ2v) is 5.57. The lowest BCUT2D eigenvalue weighted by Gasteiger charge is -1.99. The number of hydrogen-bond donors (Lipinski definition) is 4. The first kappa shape index (κ1) is 14.9. The molecule has 4 aromatic rings. The molecule has 8 heteroatoms. The molecule has 0 amide bonds. The summed E-state index contributed by atoms with van der Waals surface area (Å²) in [6.07, 6.45) is 1.47. The number of rotatable bonds is 3. The van der Waals surface area contributed by atoms with Gasteiger partial charge < -0.3 is 15.2 Å². The summed E-state index contributed by atoms with van der Waals surface area (Å²) >= 11 is 0. The highest BCUT2D eigenvalue weighted by Gasteiger charge is 2.09. The van der Waals surface area contributed by atoms with Gasteiger partial charge in [-0.1, -0.05) is 18.2 Å². The molecule has 4 N–H and O–H groups in total. The topological polar surface area (TPSA) is 119 Å². The van der Waals surface area contributed by atoms with Gasteiger partial charge in [-0.2, -0.15) is 10.1 Å². The fourth-order valence-electron chi connectivity index (χ4n) is 2.58. The minimum absolute atomic E-state index is 0.183. The van der Waals surface area contributed by atoms with Gasteiger partial charge >= 0.3 is 0 Å². The number of fused-ring (bicyclic) bond motifs is 3. The van der Waals surface area contributed by atoms with E-state index < -0.39 is 0 Å². The van der Waals surface area contributed by atoms with Crippen LogP contribution >= 0.6 is 0 Å². The van der Waals surface area contributed by atoms with Gasteiger partial charge in [0.2, 0.25) is 0 Å². The van der Waals surface area contributed by atoms with Crippen molar-refractivity contribution < 1.29 is 10.2 Å². The fraction of sp³-hybridized carbons (Fsp3) is 0.0588. The predicted molar refractivity (Wildman–Crippen MR) is 94.9 cm³/mol. The van der Waals surface area contributed by atoms with Crippen molar-refractivity contribution >= 4 is 34.2 Å². The van der Waals surface area contributed by atoms with E-state index in [-0.39, 0.29) is 17.4 Å². The predicted octanol–water partition coefficient (Wildman–Crippen LogP) is 2.67. The highest BCUT2D eigenvalue weighted by Crippen LogP contribution is 2.25. The number of nitrogens with zero attached hydrogens (tertiary/aromatic N) is 4. The molecule has 4 rings (SSSR count). The van der Waals surface area contributed by atoms with E-state index in [9.17, 15) is 10.2 Å². The van der Waals surface area contributed by atoms with Gasteiger partial charge in [-0.15, -0.1) is 10.2 Å². The first-order chi connectivity index (χ1) is 12.1. The van der Waals surface area contributed by atoms with Crippen LogP contribution in [0.15, 0.2) is 41.5 Å². The maximum absolute atomic E-state index is 9.46. The number of phenols is 2. The second-order valence-electron chi connectivity index (χ2n) is 5.57. The van der Waals surface area contributed by atoms with Gasteiger partial charge in [0.15, 0.2) is 17.1 Å². The van der Waals surface area contributed by atoms with Crippen LogP contribution in [0.5, 0.6) is 11.5 Å². The number of hydrogen-bond acceptors (Lipinski definition) is 7. The van der Waals surface area contributed by atoms with E-state index >= 15 is 0 Å². The standard InChI is InChI=1S/C17H14N6O2/c1-9-3-2-4-11-14(9)19-16-15(11)21-23-17(20-16)22-18-8-10-5-6-12(24)13(25)7-10/h2-8,24-25H,1H3,(H2,19,20,22,23)/b18-8-. The molecule has 0 saturated carbocycles. The number of hydrazone groups is 1. The molecule has 0 aliphatic heterocycles. The molecule has 8 nitrogen and oxygen atoms in total. The molecule has 0 spiro atoms. The molecular formula is C17H14N6O2. The lowest BCUT2D eigenvalue weighted by atomic mass is 10.1. The zero-order valence-electron chi connectivity index (χ0n) is 13.2. The Morgan fingerprint density at radius 1 is 1.12 bits per heavy atom. The number of phenolic OH excluding ortho intramolecular Hbond substituents is 2. The Bertz CT molecular complexity index is 1120. The lowest BCUT2D eigenvalue weighted by molar-refractivity contribution is 0.403. The number of aryl methyl sites for hydroxylation is 1. The van der Waals surface area contributed by atoms with E-state index in [0.29, 0.717) is 16.7 Å². The van der Waals surface area contributed by atoms with E-state index in [1.54, 1.807) is 6.07 Å². The number of benzene rings is 2. The van der Waals surface area contributed by atoms with Gasteiger partial charge in [0.25, 0.3) is 5.95 Å². The van der Waals surface area contributed by atoms with Crippen LogP contribution in [0.4, 0.5) is 5.95 Å². The number of anilines is 1. The molecule has 2 heterocycles. The molecule has 0 unspecified atom stereocenters. The lowest BCUT2D eigenvalue weighted by Crippen LogP contribution is -1.98. The van der Waals surface area contributed by atoms with Crippen molar-refractivity contribution in [1.82, 2.24) is 20.2 Å². The first-order valence-electron chi connectivity index (χ1n) is 7.54. The van der Waals surface area contributed by atoms with Crippen molar-refractivity contribution in [2.24, 2.45) is 5.10 Å². The zero-order chi connectivity index (χ0) is 17.4. The summed E-state index contributed by atoms with van der Waals surface area (Å²) in [6.45, 7) is 2.02. The largest absolute Gasteiger partial charge is 0.504 e. The number of H-pyrrole nitrogens is 1. The SMILES string of the molecule is Cc1cccc2c1[nH]c1nc(N/N=C\c3ccc(O)c(O)c3)nnc12. The molecule has 0 aliphatic carbocycles. The van der Waals surface area contributed by atoms with Crippen LogP contribution in [0.2, 0.25) is 0 Å². The van der Waals surface area contributed by atoms with E-state index in [0.717, 1.165) is 16.5 Å². The van der Waals surface area contributed by atoms with Crippen molar-refractivity contribution in [2.75, 3.05) is 5.43 Å². The second kappa shape index (κ2) is 5.75. The van der Waals surface area contributed by atoms with Gasteiger partial charge in [-0.25, -0.2) is 5.43 Å². The summed E-state index contributed by atoms with van der Waals surface area (Å²) in [5.41, 5.74) is 6.73. The Hall–Kier alpha value is -3.68. The van der Waals surface area contributed by atoms with Gasteiger partial charge in [-0.05, 0) is 36.2 Å². The average molecular weight is 334 g/mol. The normalized spacial score (nSPS) is 11.6. The molecule has 0 saturated heterocycles. The maximum Gasteiger partial charge on any atom is 0.265 e. The maximum atomic E-state index is 9.46. The fourth-order valence-corrected chi connectivity index (χ4v) is 2.58. The monoisotopic (exact) mass is 334 g/mol. The third-order valence-corrected chi connectivity index (χ3v) is 3.84. The molecule has 0 bridgehead atoms. The summed E-state index contributed by atoms with van der Waals surface area (Å²) in [5.74, 6) is -0.148. The van der Waals surface area contributed by atoms with E-state index in [1.807, 2.05) is 25.1 Å². The highest BCUT2D eigenvalue weighted by atomic mass is 16.3. The molecule has 0 fully saturated rings. The summed E-state index contributed by atoms with van der Waals surface area (Å²) in [6, 6.07) is 10.3. The van der Waals surface area contributed by atoms with Crippen molar-refractivity contribution in [1.29, 1.82) is 0 Å². The molecule has 0 atom stereocenters. The van der Waals surface area contributed by atoms with Crippen LogP contribution < -0.4 is 5.43 Å². The van der Waals surface area contributed by atoms with Gasteiger partial charge in [0, 0.05) is 5.39 Å².